The second kappa shape index (κ2) is 9.04. The molecule has 1 aromatic carbocycles. The van der Waals surface area contributed by atoms with Crippen LogP contribution in [0.4, 0.5) is 14.2 Å². The molecule has 7 nitrogen and oxygen atoms in total. The number of carbonyl (C=O) groups is 3. The molecule has 2 heterocycles. The molecule has 1 aliphatic rings. The van der Waals surface area contributed by atoms with Crippen molar-refractivity contribution in [3.05, 3.63) is 52.2 Å². The number of hydrogen-bond acceptors (Lipinski definition) is 5. The van der Waals surface area contributed by atoms with Gasteiger partial charge in [0.15, 0.2) is 0 Å². The van der Waals surface area contributed by atoms with Gasteiger partial charge in [-0.1, -0.05) is 6.07 Å². The first-order valence-electron chi connectivity index (χ1n) is 9.18. The minimum absolute atomic E-state index is 0.134. The summed E-state index contributed by atoms with van der Waals surface area (Å²) in [5.74, 6) is -1.06. The first-order valence-corrected chi connectivity index (χ1v) is 10.00. The lowest BCUT2D eigenvalue weighted by Crippen LogP contribution is -2.37. The predicted molar refractivity (Wildman–Crippen MR) is 108 cm³/mol. The zero-order valence-corrected chi connectivity index (χ0v) is 17.1. The summed E-state index contributed by atoms with van der Waals surface area (Å²) in [6.45, 7) is 3.70. The van der Waals surface area contributed by atoms with Crippen molar-refractivity contribution in [3.8, 4) is 0 Å². The zero-order chi connectivity index (χ0) is 21.0. The van der Waals surface area contributed by atoms with E-state index in [0.29, 0.717) is 42.5 Å². The lowest BCUT2D eigenvalue weighted by Gasteiger charge is -2.21. The number of halogens is 1. The van der Waals surface area contributed by atoms with Gasteiger partial charge in [0.1, 0.15) is 5.82 Å². The Labute approximate surface area is 172 Å². The van der Waals surface area contributed by atoms with E-state index in [4.69, 9.17) is 4.74 Å². The molecule has 9 heteroatoms. The van der Waals surface area contributed by atoms with E-state index >= 15 is 0 Å². The minimum Gasteiger partial charge on any atom is -0.453 e. The molecule has 2 aromatic rings. The number of carbonyl (C=O) groups excluding carboxylic acids is 3. The molecule has 3 rings (SSSR count). The van der Waals surface area contributed by atoms with Crippen LogP contribution in [0.1, 0.15) is 32.0 Å². The summed E-state index contributed by atoms with van der Waals surface area (Å²) >= 11 is 1.18. The van der Waals surface area contributed by atoms with Crippen molar-refractivity contribution in [3.63, 3.8) is 0 Å². The molecule has 0 radical (unpaired) electrons. The molecule has 1 N–H and O–H groups in total. The van der Waals surface area contributed by atoms with Crippen molar-refractivity contribution in [1.29, 1.82) is 0 Å². The van der Waals surface area contributed by atoms with Gasteiger partial charge in [-0.05, 0) is 43.2 Å². The van der Waals surface area contributed by atoms with E-state index in [1.807, 2.05) is 0 Å². The molecule has 3 amide bonds. The third kappa shape index (κ3) is 4.92. The Morgan fingerprint density at radius 2 is 1.83 bits per heavy atom. The predicted octanol–water partition coefficient (Wildman–Crippen LogP) is 3.36. The van der Waals surface area contributed by atoms with E-state index in [9.17, 15) is 18.8 Å². The van der Waals surface area contributed by atoms with E-state index in [2.05, 4.69) is 5.32 Å². The van der Waals surface area contributed by atoms with Gasteiger partial charge in [-0.15, -0.1) is 11.3 Å². The average Bonchev–Trinajstić information content (AvgIpc) is 2.91. The van der Waals surface area contributed by atoms with Gasteiger partial charge in [0, 0.05) is 31.7 Å². The van der Waals surface area contributed by atoms with Crippen LogP contribution in [0, 0.1) is 12.7 Å². The van der Waals surface area contributed by atoms with Gasteiger partial charge in [-0.2, -0.15) is 0 Å². The molecular formula is C20H22FN3O4S. The minimum atomic E-state index is -0.488. The normalized spacial score (nSPS) is 14.3. The van der Waals surface area contributed by atoms with Crippen LogP contribution in [0.15, 0.2) is 30.3 Å². The summed E-state index contributed by atoms with van der Waals surface area (Å²) < 4.78 is 18.1. The number of hydrogen-bond donors (Lipinski definition) is 1. The van der Waals surface area contributed by atoms with Crippen LogP contribution in [0.3, 0.4) is 0 Å². The number of amides is 3. The third-order valence-corrected chi connectivity index (χ3v) is 5.79. The molecule has 29 heavy (non-hydrogen) atoms. The number of methoxy groups -OCH3 is 1. The van der Waals surface area contributed by atoms with E-state index in [1.54, 1.807) is 22.8 Å². The van der Waals surface area contributed by atoms with Gasteiger partial charge in [0.05, 0.1) is 17.0 Å². The van der Waals surface area contributed by atoms with E-state index < -0.39 is 17.8 Å². The van der Waals surface area contributed by atoms with Crippen LogP contribution in [0.25, 0.3) is 0 Å². The SMILES string of the molecule is COC(=O)N1CCCN(C(=O)c2sc(NC(=O)c3cccc(F)c3)cc2C)CC1. The molecule has 154 valence electrons. The van der Waals surface area contributed by atoms with Gasteiger partial charge in [-0.3, -0.25) is 9.59 Å². The molecule has 0 unspecified atom stereocenters. The fourth-order valence-corrected chi connectivity index (χ4v) is 4.18. The zero-order valence-electron chi connectivity index (χ0n) is 16.2. The standard InChI is InChI=1S/C20H22FN3O4S/c1-13-11-16(22-18(25)14-5-3-6-15(21)12-14)29-17(13)19(26)23-7-4-8-24(10-9-23)20(27)28-2/h3,5-6,11-12H,4,7-10H2,1-2H3,(H,22,25). The number of nitrogens with one attached hydrogen (secondary N) is 1. The number of rotatable bonds is 3. The van der Waals surface area contributed by atoms with E-state index in [1.165, 1.54) is 36.6 Å². The van der Waals surface area contributed by atoms with Crippen molar-refractivity contribution in [1.82, 2.24) is 9.80 Å². The Morgan fingerprint density at radius 1 is 1.10 bits per heavy atom. The maximum atomic E-state index is 13.3. The summed E-state index contributed by atoms with van der Waals surface area (Å²) in [6, 6.07) is 7.15. The first-order chi connectivity index (χ1) is 13.9. The third-order valence-electron chi connectivity index (χ3n) is 4.65. The van der Waals surface area contributed by atoms with Crippen LogP contribution in [0.2, 0.25) is 0 Å². The van der Waals surface area contributed by atoms with Gasteiger partial charge in [0.2, 0.25) is 0 Å². The molecule has 0 spiro atoms. The fourth-order valence-electron chi connectivity index (χ4n) is 3.15. The number of aryl methyl sites for hydroxylation is 1. The lowest BCUT2D eigenvalue weighted by atomic mass is 10.2. The quantitative estimate of drug-likeness (QED) is 0.828. The molecule has 1 fully saturated rings. The Morgan fingerprint density at radius 3 is 2.55 bits per heavy atom. The summed E-state index contributed by atoms with van der Waals surface area (Å²) in [6.07, 6.45) is 0.267. The Hall–Kier alpha value is -2.94. The van der Waals surface area contributed by atoms with Gasteiger partial charge in [0.25, 0.3) is 11.8 Å². The number of benzene rings is 1. The Bertz CT molecular complexity index is 930. The first kappa shape index (κ1) is 20.8. The second-order valence-electron chi connectivity index (χ2n) is 6.69. The molecule has 1 saturated heterocycles. The van der Waals surface area contributed by atoms with Crippen molar-refractivity contribution in [2.45, 2.75) is 13.3 Å². The second-order valence-corrected chi connectivity index (χ2v) is 7.74. The topological polar surface area (TPSA) is 79.0 Å². The highest BCUT2D eigenvalue weighted by Gasteiger charge is 2.25. The average molecular weight is 419 g/mol. The van der Waals surface area contributed by atoms with Crippen molar-refractivity contribution < 1.29 is 23.5 Å². The van der Waals surface area contributed by atoms with Gasteiger partial charge in [-0.25, -0.2) is 9.18 Å². The summed E-state index contributed by atoms with van der Waals surface area (Å²) in [5, 5.41) is 3.24. The van der Waals surface area contributed by atoms with Crippen molar-refractivity contribution >= 4 is 34.2 Å². The lowest BCUT2D eigenvalue weighted by molar-refractivity contribution is 0.0761. The molecule has 0 saturated carbocycles. The highest BCUT2D eigenvalue weighted by atomic mass is 32.1. The van der Waals surface area contributed by atoms with Crippen molar-refractivity contribution in [2.24, 2.45) is 0 Å². The number of ether oxygens (including phenoxy) is 1. The highest BCUT2D eigenvalue weighted by Crippen LogP contribution is 2.28. The molecular weight excluding hydrogens is 397 g/mol. The molecule has 0 atom stereocenters. The maximum Gasteiger partial charge on any atom is 0.409 e. The Balaban J connectivity index is 1.68. The van der Waals surface area contributed by atoms with Gasteiger partial charge < -0.3 is 19.9 Å². The van der Waals surface area contributed by atoms with Crippen LogP contribution < -0.4 is 5.32 Å². The van der Waals surface area contributed by atoms with Crippen LogP contribution in [0.5, 0.6) is 0 Å². The molecule has 1 aromatic heterocycles. The fraction of sp³-hybridized carbons (Fsp3) is 0.350. The number of anilines is 1. The van der Waals surface area contributed by atoms with Gasteiger partial charge >= 0.3 is 6.09 Å². The maximum absolute atomic E-state index is 13.3. The summed E-state index contributed by atoms with van der Waals surface area (Å²) in [4.78, 5) is 40.8. The number of nitrogens with zero attached hydrogens (tertiary/aromatic N) is 2. The van der Waals surface area contributed by atoms with E-state index in [0.717, 1.165) is 11.6 Å². The largest absolute Gasteiger partial charge is 0.453 e. The smallest absolute Gasteiger partial charge is 0.409 e. The number of thiophene rings is 1. The highest BCUT2D eigenvalue weighted by molar-refractivity contribution is 7.18. The van der Waals surface area contributed by atoms with Crippen LogP contribution in [-0.4, -0.2) is 61.0 Å². The summed E-state index contributed by atoms with van der Waals surface area (Å²) in [7, 11) is 1.34. The van der Waals surface area contributed by atoms with Crippen LogP contribution in [-0.2, 0) is 4.74 Å². The van der Waals surface area contributed by atoms with Crippen LogP contribution >= 0.6 is 11.3 Å². The molecule has 0 bridgehead atoms. The monoisotopic (exact) mass is 419 g/mol. The van der Waals surface area contributed by atoms with Crippen molar-refractivity contribution in [2.75, 3.05) is 38.6 Å². The molecule has 0 aliphatic carbocycles. The molecule has 1 aliphatic heterocycles. The summed E-state index contributed by atoms with van der Waals surface area (Å²) in [5.41, 5.74) is 0.961. The van der Waals surface area contributed by atoms with E-state index in [-0.39, 0.29) is 11.5 Å². The Kier molecular flexibility index (Phi) is 6.48.